The van der Waals surface area contributed by atoms with E-state index in [1.807, 2.05) is 72.8 Å². The number of phenolic OH excluding ortho intramolecular Hbond substituents is 1. The van der Waals surface area contributed by atoms with Crippen molar-refractivity contribution in [3.8, 4) is 16.9 Å². The van der Waals surface area contributed by atoms with Crippen LogP contribution < -0.4 is 21.5 Å². The molecule has 2 amide bonds. The number of carbonyl (C=O) groups is 2. The number of ether oxygens (including phenoxy) is 2. The number of amides is 2. The Morgan fingerprint density at radius 2 is 1.63 bits per heavy atom. The number of fused-ring (bicyclic) bond motifs is 6. The first-order chi connectivity index (χ1) is 27.5. The number of piperidine rings is 1. The average Bonchev–Trinajstić information content (AvgIpc) is 3.97. The van der Waals surface area contributed by atoms with Crippen molar-refractivity contribution in [2.45, 2.75) is 75.0 Å². The number of aryl methyl sites for hydroxylation is 2. The Kier molecular flexibility index (Phi) is 10.9. The summed E-state index contributed by atoms with van der Waals surface area (Å²) in [5.41, 5.74) is 5.90. The standard InChI is InChI=1S/C45H49N5O7/c1-50(2)36-24-31(25-37(50)44-43(36)57-44)56-45(55)48-35-23-28(12-16-32(35)29-8-4-3-5-9-29)13-20-40(53)47-30-14-10-27(11-15-30)7-6-22-46-26-39(52)33-17-19-38(51)42-34(33)18-21-41(54)49-42/h3-5,8-12,14-19,21,23,31,36-37,39,43-44,46,52H,6-7,13,20,22,24-26H2,1-2H3,(H3-,47,48,49,51,53,54,55)/p+1/t31-,36-,37+,39-,43-,44+/m0/s1. The third kappa shape index (κ3) is 8.45. The van der Waals surface area contributed by atoms with Crippen LogP contribution in [-0.4, -0.2) is 89.3 Å². The van der Waals surface area contributed by atoms with Gasteiger partial charge in [-0.2, -0.15) is 0 Å². The fraction of sp³-hybridized carbons (Fsp3) is 0.356. The lowest BCUT2D eigenvalue weighted by Gasteiger charge is -2.45. The lowest BCUT2D eigenvalue weighted by molar-refractivity contribution is -0.938. The number of benzene rings is 4. The van der Waals surface area contributed by atoms with Crippen LogP contribution in [0.4, 0.5) is 16.2 Å². The third-order valence-corrected chi connectivity index (χ3v) is 12.0. The number of aliphatic hydroxyl groups excluding tert-OH is 1. The van der Waals surface area contributed by atoms with Crippen molar-refractivity contribution in [1.29, 1.82) is 0 Å². The van der Waals surface area contributed by atoms with E-state index in [1.54, 1.807) is 12.1 Å². The zero-order valence-electron chi connectivity index (χ0n) is 32.2. The number of quaternary nitrogens is 1. The number of epoxide rings is 1. The highest BCUT2D eigenvalue weighted by molar-refractivity contribution is 5.93. The molecule has 5 aromatic rings. The SMILES string of the molecule is C[N+]1(C)[C@@H]2C[C@@H](OC(=O)Nc3cc(CCC(=O)Nc4ccc(CCCNC[C@H](O)c5ccc(O)c6[nH]c(=O)ccc56)cc4)ccc3-c3ccccc3)C[C@H]1[C@@H]1O[C@@H]12. The molecule has 8 rings (SSSR count). The van der Waals surface area contributed by atoms with Gasteiger partial charge in [0.05, 0.1) is 31.4 Å². The third-order valence-electron chi connectivity index (χ3n) is 12.0. The molecule has 6 N–H and O–H groups in total. The van der Waals surface area contributed by atoms with Crippen LogP contribution in [0.1, 0.15) is 48.5 Å². The lowest BCUT2D eigenvalue weighted by atomic mass is 9.96. The van der Waals surface area contributed by atoms with Gasteiger partial charge in [0.15, 0.2) is 0 Å². The Hall–Kier alpha value is -5.53. The number of aromatic hydroxyl groups is 1. The monoisotopic (exact) mass is 772 g/mol. The minimum absolute atomic E-state index is 0.0391. The Bertz CT molecular complexity index is 2290. The van der Waals surface area contributed by atoms with E-state index in [1.165, 1.54) is 12.1 Å². The van der Waals surface area contributed by atoms with Gasteiger partial charge in [-0.1, -0.05) is 60.7 Å². The summed E-state index contributed by atoms with van der Waals surface area (Å²) in [5.74, 6) is -0.141. The van der Waals surface area contributed by atoms with Crippen LogP contribution in [-0.2, 0) is 27.1 Å². The fourth-order valence-electron chi connectivity index (χ4n) is 8.86. The number of aromatic nitrogens is 1. The second-order valence-corrected chi connectivity index (χ2v) is 16.1. The van der Waals surface area contributed by atoms with E-state index in [9.17, 15) is 24.6 Å². The van der Waals surface area contributed by atoms with Crippen molar-refractivity contribution in [2.24, 2.45) is 0 Å². The minimum Gasteiger partial charge on any atom is -0.506 e. The molecule has 12 nitrogen and oxygen atoms in total. The number of anilines is 2. The van der Waals surface area contributed by atoms with Crippen molar-refractivity contribution in [3.63, 3.8) is 0 Å². The van der Waals surface area contributed by atoms with Crippen LogP contribution in [0.3, 0.4) is 0 Å². The van der Waals surface area contributed by atoms with Gasteiger partial charge >= 0.3 is 6.09 Å². The number of rotatable bonds is 14. The second kappa shape index (κ2) is 16.1. The molecule has 0 saturated carbocycles. The molecule has 12 heteroatoms. The molecule has 1 aromatic heterocycles. The first-order valence-electron chi connectivity index (χ1n) is 19.8. The van der Waals surface area contributed by atoms with E-state index in [0.717, 1.165) is 58.1 Å². The smallest absolute Gasteiger partial charge is 0.411 e. The van der Waals surface area contributed by atoms with E-state index in [2.05, 4.69) is 35.0 Å². The number of carbonyl (C=O) groups excluding carboxylic acids is 2. The molecule has 0 unspecified atom stereocenters. The van der Waals surface area contributed by atoms with Crippen LogP contribution in [0, 0.1) is 0 Å². The molecular formula is C45H50N5O7+. The Morgan fingerprint density at radius 3 is 2.39 bits per heavy atom. The number of likely N-dealkylation sites (N-methyl/N-ethyl adjacent to an activating group) is 1. The molecule has 0 radical (unpaired) electrons. The fourth-order valence-corrected chi connectivity index (χ4v) is 8.86. The topological polar surface area (TPSA) is 165 Å². The zero-order chi connectivity index (χ0) is 39.7. The van der Waals surface area contributed by atoms with Gasteiger partial charge in [0.1, 0.15) is 36.1 Å². The van der Waals surface area contributed by atoms with Crippen molar-refractivity contribution in [3.05, 3.63) is 124 Å². The van der Waals surface area contributed by atoms with Gasteiger partial charge in [-0.05, 0) is 78.4 Å². The Balaban J connectivity index is 0.801. The van der Waals surface area contributed by atoms with Crippen molar-refractivity contribution >= 4 is 34.3 Å². The van der Waals surface area contributed by atoms with E-state index >= 15 is 0 Å². The number of hydrogen-bond donors (Lipinski definition) is 6. The van der Waals surface area contributed by atoms with Crippen molar-refractivity contribution < 1.29 is 33.8 Å². The van der Waals surface area contributed by atoms with Gasteiger partial charge in [-0.15, -0.1) is 0 Å². The van der Waals surface area contributed by atoms with Crippen LogP contribution in [0.15, 0.2) is 102 Å². The maximum absolute atomic E-state index is 13.3. The molecule has 0 spiro atoms. The van der Waals surface area contributed by atoms with Crippen LogP contribution in [0.25, 0.3) is 22.0 Å². The number of phenols is 1. The number of nitrogens with one attached hydrogen (secondary N) is 4. The van der Waals surface area contributed by atoms with E-state index in [0.29, 0.717) is 53.7 Å². The van der Waals surface area contributed by atoms with Gasteiger partial charge in [0.25, 0.3) is 0 Å². The maximum atomic E-state index is 13.3. The number of aliphatic hydroxyl groups is 1. The summed E-state index contributed by atoms with van der Waals surface area (Å²) in [7, 11) is 4.51. The molecule has 57 heavy (non-hydrogen) atoms. The summed E-state index contributed by atoms with van der Waals surface area (Å²) in [6.07, 6.45) is 3.15. The van der Waals surface area contributed by atoms with E-state index in [-0.39, 0.29) is 41.9 Å². The number of H-pyrrole nitrogens is 1. The first-order valence-corrected chi connectivity index (χ1v) is 19.8. The molecule has 3 fully saturated rings. The average molecular weight is 773 g/mol. The number of aromatic amines is 1. The Labute approximate surface area is 331 Å². The molecule has 4 aromatic carbocycles. The van der Waals surface area contributed by atoms with Crippen molar-refractivity contribution in [2.75, 3.05) is 37.8 Å². The van der Waals surface area contributed by atoms with E-state index in [4.69, 9.17) is 9.47 Å². The van der Waals surface area contributed by atoms with Crippen molar-refractivity contribution in [1.82, 2.24) is 10.3 Å². The molecule has 6 atom stereocenters. The Morgan fingerprint density at radius 1 is 0.895 bits per heavy atom. The van der Waals surface area contributed by atoms with Gasteiger partial charge in [0, 0.05) is 48.5 Å². The highest BCUT2D eigenvalue weighted by atomic mass is 16.6. The van der Waals surface area contributed by atoms with Gasteiger partial charge in [-0.25, -0.2) is 4.79 Å². The van der Waals surface area contributed by atoms with E-state index < -0.39 is 12.2 Å². The summed E-state index contributed by atoms with van der Waals surface area (Å²) >= 11 is 0. The molecular weight excluding hydrogens is 723 g/mol. The minimum atomic E-state index is -0.811. The lowest BCUT2D eigenvalue weighted by Crippen LogP contribution is -2.60. The predicted octanol–water partition coefficient (Wildman–Crippen LogP) is 6.03. The maximum Gasteiger partial charge on any atom is 0.411 e. The predicted molar refractivity (Wildman–Crippen MR) is 219 cm³/mol. The van der Waals surface area contributed by atoms with Crippen LogP contribution in [0.5, 0.6) is 5.75 Å². The molecule has 3 aliphatic rings. The highest BCUT2D eigenvalue weighted by Gasteiger charge is 2.70. The number of nitrogens with zero attached hydrogens (tertiary/aromatic N) is 1. The summed E-state index contributed by atoms with van der Waals surface area (Å²) in [6, 6.07) is 30.5. The highest BCUT2D eigenvalue weighted by Crippen LogP contribution is 2.51. The largest absolute Gasteiger partial charge is 0.506 e. The summed E-state index contributed by atoms with van der Waals surface area (Å²) in [4.78, 5) is 40.6. The summed E-state index contributed by atoms with van der Waals surface area (Å²) in [5, 5.41) is 30.8. The molecule has 0 aliphatic carbocycles. The normalized spacial score (nSPS) is 22.1. The van der Waals surface area contributed by atoms with Gasteiger partial charge < -0.3 is 39.8 Å². The number of hydrogen-bond acceptors (Lipinski definition) is 8. The first kappa shape index (κ1) is 38.3. The van der Waals surface area contributed by atoms with Crippen LogP contribution >= 0.6 is 0 Å². The second-order valence-electron chi connectivity index (χ2n) is 16.1. The molecule has 4 heterocycles. The summed E-state index contributed by atoms with van der Waals surface area (Å²) < 4.78 is 12.8. The zero-order valence-corrected chi connectivity index (χ0v) is 32.2. The van der Waals surface area contributed by atoms with Gasteiger partial charge in [-0.3, -0.25) is 14.9 Å². The summed E-state index contributed by atoms with van der Waals surface area (Å²) in [6.45, 7) is 1.00. The molecule has 2 bridgehead atoms. The number of pyridine rings is 1. The number of morpholine rings is 1. The molecule has 3 saturated heterocycles. The quantitative estimate of drug-likeness (QED) is 0.0453. The van der Waals surface area contributed by atoms with Gasteiger partial charge in [0.2, 0.25) is 11.5 Å². The molecule has 296 valence electrons. The van der Waals surface area contributed by atoms with Crippen LogP contribution in [0.2, 0.25) is 0 Å². The molecule has 3 aliphatic heterocycles.